The Bertz CT molecular complexity index is 1410. The van der Waals surface area contributed by atoms with E-state index in [1.807, 2.05) is 12.5 Å². The van der Waals surface area contributed by atoms with Crippen LogP contribution < -0.4 is 4.90 Å². The second-order valence-electron chi connectivity index (χ2n) is 10.0. The fourth-order valence-electron chi connectivity index (χ4n) is 4.86. The molecule has 0 radical (unpaired) electrons. The molecule has 172 valence electrons. The number of aromatic nitrogens is 4. The van der Waals surface area contributed by atoms with E-state index in [0.29, 0.717) is 0 Å². The van der Waals surface area contributed by atoms with Gasteiger partial charge in [-0.1, -0.05) is 24.3 Å². The van der Waals surface area contributed by atoms with E-state index in [2.05, 4.69) is 83.8 Å². The average Bonchev–Trinajstić information content (AvgIpc) is 3.48. The number of hydrogen-bond acceptors (Lipinski definition) is 5. The maximum absolute atomic E-state index is 5.51. The number of benzene rings is 2. The molecule has 2 aromatic heterocycles. The average molecular weight is 452 g/mol. The summed E-state index contributed by atoms with van der Waals surface area (Å²) in [5.41, 5.74) is 9.65. The summed E-state index contributed by atoms with van der Waals surface area (Å²) < 4.78 is 7.75. The van der Waals surface area contributed by atoms with Gasteiger partial charge < -0.3 is 14.2 Å². The molecule has 6 heteroatoms. The van der Waals surface area contributed by atoms with Crippen LogP contribution in [0, 0.1) is 0 Å². The van der Waals surface area contributed by atoms with Crippen LogP contribution >= 0.6 is 0 Å². The number of fused-ring (bicyclic) bond motifs is 2. The van der Waals surface area contributed by atoms with Crippen molar-refractivity contribution in [3.8, 4) is 11.3 Å². The van der Waals surface area contributed by atoms with Crippen LogP contribution in [0.4, 0.5) is 5.69 Å². The summed E-state index contributed by atoms with van der Waals surface area (Å²) in [6, 6.07) is 15.1. The van der Waals surface area contributed by atoms with Gasteiger partial charge in [0.25, 0.3) is 0 Å². The first-order valence-electron chi connectivity index (χ1n) is 11.9. The van der Waals surface area contributed by atoms with E-state index in [9.17, 15) is 0 Å². The van der Waals surface area contributed by atoms with Crippen molar-refractivity contribution in [2.75, 3.05) is 31.2 Å². The van der Waals surface area contributed by atoms with Gasteiger partial charge in [0.2, 0.25) is 0 Å². The third-order valence-electron chi connectivity index (χ3n) is 6.70. The molecule has 0 bridgehead atoms. The van der Waals surface area contributed by atoms with Crippen molar-refractivity contribution in [1.29, 1.82) is 0 Å². The van der Waals surface area contributed by atoms with Crippen molar-refractivity contribution < 1.29 is 4.74 Å². The first kappa shape index (κ1) is 21.1. The predicted molar refractivity (Wildman–Crippen MR) is 136 cm³/mol. The summed E-state index contributed by atoms with van der Waals surface area (Å²) in [4.78, 5) is 16.9. The molecule has 3 heterocycles. The number of anilines is 1. The minimum absolute atomic E-state index is 0.0339. The lowest BCUT2D eigenvalue weighted by Gasteiger charge is -2.29. The Kier molecular flexibility index (Phi) is 4.99. The minimum atomic E-state index is -0.0339. The zero-order valence-electron chi connectivity index (χ0n) is 20.0. The Morgan fingerprint density at radius 1 is 0.941 bits per heavy atom. The fourth-order valence-corrected chi connectivity index (χ4v) is 4.86. The highest BCUT2D eigenvalue weighted by molar-refractivity contribution is 5.88. The summed E-state index contributed by atoms with van der Waals surface area (Å²) in [6.07, 6.45) is 6.90. The largest absolute Gasteiger partial charge is 0.378 e. The second kappa shape index (κ2) is 8.06. The standard InChI is InChI=1S/C28H29N5O/c1-28(2,3)33-18-30-23-9-7-19(16-26(23)33)22-8-10-24-27(22)31-25(17-29-24)20-5-4-6-21(15-20)32-11-13-34-14-12-32/h4-9,15-18H,10-14H2,1-3H3. The maximum atomic E-state index is 5.51. The van der Waals surface area contributed by atoms with Gasteiger partial charge in [0.15, 0.2) is 0 Å². The highest BCUT2D eigenvalue weighted by Crippen LogP contribution is 2.34. The predicted octanol–water partition coefficient (Wildman–Crippen LogP) is 5.07. The van der Waals surface area contributed by atoms with Gasteiger partial charge in [-0.2, -0.15) is 0 Å². The molecule has 0 unspecified atom stereocenters. The zero-order valence-corrected chi connectivity index (χ0v) is 20.0. The van der Waals surface area contributed by atoms with E-state index in [0.717, 1.165) is 77.5 Å². The molecule has 4 aromatic rings. The maximum Gasteiger partial charge on any atom is 0.0963 e. The molecule has 1 fully saturated rings. The van der Waals surface area contributed by atoms with Crippen LogP contribution in [0.2, 0.25) is 0 Å². The molecule has 0 atom stereocenters. The lowest BCUT2D eigenvalue weighted by molar-refractivity contribution is 0.122. The van der Waals surface area contributed by atoms with Crippen molar-refractivity contribution in [3.63, 3.8) is 0 Å². The first-order valence-corrected chi connectivity index (χ1v) is 11.9. The summed E-state index contributed by atoms with van der Waals surface area (Å²) in [6.45, 7) is 9.99. The summed E-state index contributed by atoms with van der Waals surface area (Å²) in [5, 5.41) is 0. The van der Waals surface area contributed by atoms with Gasteiger partial charge in [0, 0.05) is 41.9 Å². The van der Waals surface area contributed by atoms with Crippen molar-refractivity contribution in [2.24, 2.45) is 0 Å². The van der Waals surface area contributed by atoms with Gasteiger partial charge in [0.1, 0.15) is 0 Å². The highest BCUT2D eigenvalue weighted by Gasteiger charge is 2.22. The lowest BCUT2D eigenvalue weighted by atomic mass is 10.0. The molecule has 6 rings (SSSR count). The van der Waals surface area contributed by atoms with Crippen LogP contribution in [0.25, 0.3) is 27.9 Å². The second-order valence-corrected chi connectivity index (χ2v) is 10.0. The Balaban J connectivity index is 1.37. The van der Waals surface area contributed by atoms with Crippen LogP contribution in [0.1, 0.15) is 37.7 Å². The summed E-state index contributed by atoms with van der Waals surface area (Å²) in [7, 11) is 0. The summed E-state index contributed by atoms with van der Waals surface area (Å²) in [5.74, 6) is 0. The van der Waals surface area contributed by atoms with Crippen molar-refractivity contribution in [3.05, 3.63) is 78.0 Å². The Labute approximate surface area is 199 Å². The van der Waals surface area contributed by atoms with E-state index < -0.39 is 0 Å². The topological polar surface area (TPSA) is 56.1 Å². The number of nitrogens with zero attached hydrogens (tertiary/aromatic N) is 5. The monoisotopic (exact) mass is 451 g/mol. The Morgan fingerprint density at radius 3 is 2.62 bits per heavy atom. The van der Waals surface area contributed by atoms with Crippen molar-refractivity contribution in [1.82, 2.24) is 19.5 Å². The number of hydrogen-bond donors (Lipinski definition) is 0. The zero-order chi connectivity index (χ0) is 23.3. The van der Waals surface area contributed by atoms with Gasteiger partial charge >= 0.3 is 0 Å². The van der Waals surface area contributed by atoms with Gasteiger partial charge in [-0.15, -0.1) is 0 Å². The molecule has 0 saturated carbocycles. The molecule has 0 amide bonds. The van der Waals surface area contributed by atoms with Gasteiger partial charge in [-0.3, -0.25) is 4.98 Å². The smallest absolute Gasteiger partial charge is 0.0963 e. The third-order valence-corrected chi connectivity index (χ3v) is 6.70. The molecule has 1 saturated heterocycles. The van der Waals surface area contributed by atoms with Gasteiger partial charge in [-0.05, 0) is 50.6 Å². The molecule has 1 aliphatic carbocycles. The normalized spacial score (nSPS) is 16.1. The summed E-state index contributed by atoms with van der Waals surface area (Å²) >= 11 is 0. The number of ether oxygens (including phenoxy) is 1. The van der Waals surface area contributed by atoms with Crippen LogP contribution in [0.5, 0.6) is 0 Å². The molecular weight excluding hydrogens is 422 g/mol. The Morgan fingerprint density at radius 2 is 1.79 bits per heavy atom. The van der Waals surface area contributed by atoms with Crippen LogP contribution in [-0.4, -0.2) is 45.8 Å². The highest BCUT2D eigenvalue weighted by atomic mass is 16.5. The Hall–Kier alpha value is -3.51. The number of imidazole rings is 1. The van der Waals surface area contributed by atoms with E-state index in [1.165, 1.54) is 5.69 Å². The number of morpholine rings is 1. The third kappa shape index (κ3) is 3.68. The van der Waals surface area contributed by atoms with Gasteiger partial charge in [0.05, 0.1) is 53.9 Å². The SMILES string of the molecule is CC(C)(C)n1cnc2ccc(C3=CCc4ncc(-c5cccc(N6CCOCC6)c5)nc43)cc21. The van der Waals surface area contributed by atoms with E-state index in [1.54, 1.807) is 0 Å². The number of rotatable bonds is 3. The molecule has 1 aliphatic heterocycles. The van der Waals surface area contributed by atoms with Crippen LogP contribution in [0.15, 0.2) is 61.1 Å². The van der Waals surface area contributed by atoms with Gasteiger partial charge in [-0.25, -0.2) is 9.97 Å². The van der Waals surface area contributed by atoms with Crippen molar-refractivity contribution >= 4 is 22.3 Å². The van der Waals surface area contributed by atoms with E-state index >= 15 is 0 Å². The lowest BCUT2D eigenvalue weighted by Crippen LogP contribution is -2.36. The van der Waals surface area contributed by atoms with Crippen molar-refractivity contribution in [2.45, 2.75) is 32.7 Å². The molecular formula is C28H29N5O. The first-order chi connectivity index (χ1) is 16.5. The molecule has 2 aromatic carbocycles. The van der Waals surface area contributed by atoms with E-state index in [-0.39, 0.29) is 5.54 Å². The quantitative estimate of drug-likeness (QED) is 0.435. The molecule has 0 spiro atoms. The molecule has 2 aliphatic rings. The number of allylic oxidation sites excluding steroid dienone is 1. The molecule has 0 N–H and O–H groups in total. The fraction of sp³-hybridized carbons (Fsp3) is 0.321. The molecule has 34 heavy (non-hydrogen) atoms. The van der Waals surface area contributed by atoms with Crippen LogP contribution in [0.3, 0.4) is 0 Å². The molecule has 6 nitrogen and oxygen atoms in total. The van der Waals surface area contributed by atoms with E-state index in [4.69, 9.17) is 14.7 Å². The minimum Gasteiger partial charge on any atom is -0.378 e. The van der Waals surface area contributed by atoms with Crippen LogP contribution in [-0.2, 0) is 16.7 Å².